The maximum atomic E-state index is 12.8. The predicted molar refractivity (Wildman–Crippen MR) is 105 cm³/mol. The zero-order chi connectivity index (χ0) is 25.7. The van der Waals surface area contributed by atoms with Crippen LogP contribution in [0, 0.1) is 0 Å². The summed E-state index contributed by atoms with van der Waals surface area (Å²) in [6.45, 7) is 0. The van der Waals surface area contributed by atoms with Gasteiger partial charge in [0.2, 0.25) is 5.78 Å². The van der Waals surface area contributed by atoms with E-state index in [9.17, 15) is 65.8 Å². The summed E-state index contributed by atoms with van der Waals surface area (Å²) in [6.07, 6.45) is -12.0. The first-order valence-corrected chi connectivity index (χ1v) is 9.41. The summed E-state index contributed by atoms with van der Waals surface area (Å²) < 4.78 is 4.92. The lowest BCUT2D eigenvalue weighted by Crippen LogP contribution is -2.69. The fraction of sp³-hybridized carbons (Fsp3) is 0.300. The number of aliphatic hydroxyl groups excluding tert-OH is 4. The van der Waals surface area contributed by atoms with Crippen molar-refractivity contribution < 1.29 is 70.5 Å². The van der Waals surface area contributed by atoms with E-state index in [1.807, 2.05) is 0 Å². The molecular weight excluding hydrogens is 464 g/mol. The van der Waals surface area contributed by atoms with Gasteiger partial charge < -0.3 is 60.9 Å². The van der Waals surface area contributed by atoms with Crippen LogP contribution in [0.15, 0.2) is 24.3 Å². The van der Waals surface area contributed by atoms with Crippen molar-refractivity contribution in [2.75, 3.05) is 0 Å². The molecule has 3 rings (SSSR count). The molecule has 0 saturated carbocycles. The number of ether oxygens (including phenoxy) is 1. The minimum atomic E-state index is -3.46. The maximum Gasteiger partial charge on any atom is 0.261 e. The third-order valence-corrected chi connectivity index (χ3v) is 5.31. The summed E-state index contributed by atoms with van der Waals surface area (Å²) in [7, 11) is 0. The van der Waals surface area contributed by atoms with Crippen LogP contribution in [0.1, 0.15) is 22.0 Å². The highest BCUT2D eigenvalue weighted by Gasteiger charge is 2.59. The highest BCUT2D eigenvalue weighted by Crippen LogP contribution is 2.40. The highest BCUT2D eigenvalue weighted by atomic mass is 16.7. The van der Waals surface area contributed by atoms with Gasteiger partial charge in [0.25, 0.3) is 5.79 Å². The number of phenolic OH excluding ortho intramolecular Hbond substituents is 6. The average Bonchev–Trinajstić information content (AvgIpc) is 2.79. The van der Waals surface area contributed by atoms with E-state index in [4.69, 9.17) is 4.74 Å². The minimum Gasteiger partial charge on any atom is -0.504 e. The van der Waals surface area contributed by atoms with Crippen LogP contribution in [-0.2, 0) is 9.53 Å². The van der Waals surface area contributed by atoms with Gasteiger partial charge in [0.15, 0.2) is 46.4 Å². The number of hydrogen-bond donors (Lipinski definition) is 11. The quantitative estimate of drug-likeness (QED) is 0.156. The molecule has 1 heterocycles. The van der Waals surface area contributed by atoms with Crippen molar-refractivity contribution in [3.05, 3.63) is 35.4 Å². The second-order valence-electron chi connectivity index (χ2n) is 7.57. The molecule has 1 unspecified atom stereocenters. The van der Waals surface area contributed by atoms with Crippen LogP contribution in [0.3, 0.4) is 0 Å². The molecule has 0 aliphatic carbocycles. The van der Waals surface area contributed by atoms with Crippen LogP contribution >= 0.6 is 0 Å². The monoisotopic (exact) mass is 484 g/mol. The molecule has 6 atom stereocenters. The Morgan fingerprint density at radius 1 is 0.794 bits per heavy atom. The normalized spacial score (nSPS) is 27.8. The molecule has 1 aliphatic heterocycles. The van der Waals surface area contributed by atoms with E-state index in [0.29, 0.717) is 24.3 Å². The van der Waals surface area contributed by atoms with E-state index in [1.165, 1.54) is 0 Å². The number of rotatable bonds is 5. The Kier molecular flexibility index (Phi) is 6.32. The number of Topliss-reactive ketones (excluding diaryl/α,β-unsaturated/α-hetero) is 2. The van der Waals surface area contributed by atoms with Crippen LogP contribution < -0.4 is 0 Å². The van der Waals surface area contributed by atoms with Gasteiger partial charge in [-0.2, -0.15) is 0 Å². The van der Waals surface area contributed by atoms with Crippen molar-refractivity contribution >= 4 is 11.6 Å². The van der Waals surface area contributed by atoms with E-state index >= 15 is 0 Å². The van der Waals surface area contributed by atoms with Crippen LogP contribution in [0.5, 0.6) is 34.5 Å². The van der Waals surface area contributed by atoms with Crippen molar-refractivity contribution in [2.45, 2.75) is 36.3 Å². The molecule has 2 aromatic rings. The molecule has 184 valence electrons. The molecule has 1 aliphatic rings. The van der Waals surface area contributed by atoms with Crippen LogP contribution in [-0.4, -0.2) is 97.9 Å². The van der Waals surface area contributed by atoms with Crippen LogP contribution in [0.25, 0.3) is 0 Å². The molecule has 1 fully saturated rings. The lowest BCUT2D eigenvalue weighted by atomic mass is 9.85. The van der Waals surface area contributed by atoms with E-state index < -0.39 is 93.5 Å². The Hall–Kier alpha value is -3.66. The molecule has 0 spiro atoms. The highest BCUT2D eigenvalue weighted by molar-refractivity contribution is 6.03. The van der Waals surface area contributed by atoms with Crippen LogP contribution in [0.4, 0.5) is 0 Å². The average molecular weight is 484 g/mol. The van der Waals surface area contributed by atoms with Gasteiger partial charge in [-0.1, -0.05) is 0 Å². The Labute approximate surface area is 189 Å². The molecule has 34 heavy (non-hydrogen) atoms. The SMILES string of the molecule is O=C(C(O)c1cc(O)c(O)c(O)c1)[C@H]1O[C@](O)(C(=O)c2cc(O)c(O)c(O)c2)[C@H](O)[C@@H](O)[C@@H]1O. The summed E-state index contributed by atoms with van der Waals surface area (Å²) in [5, 5.41) is 109. The van der Waals surface area contributed by atoms with Crippen molar-refractivity contribution in [3.63, 3.8) is 0 Å². The third kappa shape index (κ3) is 3.94. The minimum absolute atomic E-state index is 0.516. The zero-order valence-corrected chi connectivity index (χ0v) is 16.8. The molecule has 2 aromatic carbocycles. The molecule has 14 nitrogen and oxygen atoms in total. The lowest BCUT2D eigenvalue weighted by Gasteiger charge is -2.44. The number of benzene rings is 2. The van der Waals surface area contributed by atoms with Gasteiger partial charge in [-0.05, 0) is 29.8 Å². The molecule has 0 aromatic heterocycles. The van der Waals surface area contributed by atoms with Crippen molar-refractivity contribution in [3.8, 4) is 34.5 Å². The van der Waals surface area contributed by atoms with Gasteiger partial charge in [0.1, 0.15) is 24.4 Å². The second kappa shape index (κ2) is 8.60. The first-order valence-electron chi connectivity index (χ1n) is 9.41. The molecule has 11 N–H and O–H groups in total. The van der Waals surface area contributed by atoms with Gasteiger partial charge >= 0.3 is 0 Å². The Balaban J connectivity index is 1.98. The molecule has 0 amide bonds. The second-order valence-corrected chi connectivity index (χ2v) is 7.57. The Morgan fingerprint density at radius 3 is 1.71 bits per heavy atom. The van der Waals surface area contributed by atoms with Gasteiger partial charge in [0, 0.05) is 5.56 Å². The maximum absolute atomic E-state index is 12.8. The van der Waals surface area contributed by atoms with Gasteiger partial charge in [-0.15, -0.1) is 0 Å². The first-order chi connectivity index (χ1) is 15.7. The summed E-state index contributed by atoms with van der Waals surface area (Å²) in [4.78, 5) is 25.6. The van der Waals surface area contributed by atoms with Gasteiger partial charge in [-0.25, -0.2) is 0 Å². The predicted octanol–water partition coefficient (Wildman–Crippen LogP) is -2.42. The fourth-order valence-electron chi connectivity index (χ4n) is 3.39. The fourth-order valence-corrected chi connectivity index (χ4v) is 3.39. The molecule has 14 heteroatoms. The summed E-state index contributed by atoms with van der Waals surface area (Å²) in [5.74, 6) is -12.4. The largest absolute Gasteiger partial charge is 0.504 e. The van der Waals surface area contributed by atoms with Gasteiger partial charge in [-0.3, -0.25) is 9.59 Å². The number of aromatic hydroxyl groups is 6. The van der Waals surface area contributed by atoms with E-state index in [-0.39, 0.29) is 0 Å². The third-order valence-electron chi connectivity index (χ3n) is 5.31. The molecule has 0 bridgehead atoms. The topological polar surface area (TPSA) is 266 Å². The Morgan fingerprint density at radius 2 is 1.24 bits per heavy atom. The first kappa shape index (κ1) is 25.0. The van der Waals surface area contributed by atoms with Crippen molar-refractivity contribution in [2.24, 2.45) is 0 Å². The van der Waals surface area contributed by atoms with E-state index in [0.717, 1.165) is 0 Å². The number of carbonyl (C=O) groups excluding carboxylic acids is 2. The van der Waals surface area contributed by atoms with Crippen LogP contribution in [0.2, 0.25) is 0 Å². The number of ketones is 2. The van der Waals surface area contributed by atoms with E-state index in [2.05, 4.69) is 0 Å². The molecule has 1 saturated heterocycles. The number of phenols is 6. The summed E-state index contributed by atoms with van der Waals surface area (Å²) in [6, 6.07) is 2.49. The smallest absolute Gasteiger partial charge is 0.261 e. The number of carbonyl (C=O) groups is 2. The van der Waals surface area contributed by atoms with Crippen molar-refractivity contribution in [1.82, 2.24) is 0 Å². The zero-order valence-electron chi connectivity index (χ0n) is 16.8. The van der Waals surface area contributed by atoms with Gasteiger partial charge in [0.05, 0.1) is 0 Å². The molecule has 0 radical (unpaired) electrons. The number of aliphatic hydroxyl groups is 5. The summed E-state index contributed by atoms with van der Waals surface area (Å²) >= 11 is 0. The van der Waals surface area contributed by atoms with E-state index in [1.54, 1.807) is 0 Å². The molecular formula is C20H20O14. The lowest BCUT2D eigenvalue weighted by molar-refractivity contribution is -0.312. The number of hydrogen-bond acceptors (Lipinski definition) is 14. The van der Waals surface area contributed by atoms with Crippen molar-refractivity contribution in [1.29, 1.82) is 0 Å². The Bertz CT molecular complexity index is 1100. The standard InChI is InChI=1S/C20H20O14/c21-7-1-5(2-8(22)12(7)26)11(25)14(28)17-15(29)16(30)19(32)20(33,34-17)18(31)6-3-9(23)13(27)10(24)4-6/h1-4,11,15-17,19,21-27,29-30,32-33H/t11?,15-,16-,17+,19+,20+/m0/s1. The summed E-state index contributed by atoms with van der Waals surface area (Å²) in [5.41, 5.74) is -1.27.